The van der Waals surface area contributed by atoms with Crippen molar-refractivity contribution in [1.82, 2.24) is 0 Å². The van der Waals surface area contributed by atoms with E-state index >= 15 is 0 Å². The normalized spacial score (nSPS) is 12.1. The molecule has 0 aromatic rings. The van der Waals surface area contributed by atoms with Gasteiger partial charge in [0.15, 0.2) is 0 Å². The van der Waals surface area contributed by atoms with Crippen LogP contribution in [0.4, 0.5) is 0 Å². The second kappa shape index (κ2) is 8.36. The molecule has 0 bridgehead atoms. The van der Waals surface area contributed by atoms with Crippen LogP contribution >= 0.6 is 0 Å². The first-order valence-electron chi connectivity index (χ1n) is 4.55. The average molecular weight is 219 g/mol. The molecule has 0 nitrogen and oxygen atoms in total. The second-order valence-electron chi connectivity index (χ2n) is 2.87. The Labute approximate surface area is 77.6 Å². The topological polar surface area (TPSA) is 0 Å². The number of unbranched alkanes of at least 4 members (excludes halogenated alkanes) is 1. The van der Waals surface area contributed by atoms with Gasteiger partial charge in [0.05, 0.1) is 0 Å². The molecule has 0 aliphatic carbocycles. The molecule has 11 heavy (non-hydrogen) atoms. The molecule has 0 atom stereocenters. The molecule has 0 N–H and O–H groups in total. The van der Waals surface area contributed by atoms with Crippen molar-refractivity contribution >= 4 is 15.0 Å². The molecule has 0 fully saturated rings. The van der Waals surface area contributed by atoms with Gasteiger partial charge in [-0.05, 0) is 0 Å². The Morgan fingerprint density at radius 2 is 1.91 bits per heavy atom. The quantitative estimate of drug-likeness (QED) is 0.598. The summed E-state index contributed by atoms with van der Waals surface area (Å²) < 4.78 is 0. The number of hydrogen-bond acceptors (Lipinski definition) is 0. The molecular weight excluding hydrogens is 199 g/mol. The van der Waals surface area contributed by atoms with E-state index in [0.29, 0.717) is 0 Å². The van der Waals surface area contributed by atoms with E-state index in [9.17, 15) is 0 Å². The Morgan fingerprint density at radius 3 is 2.36 bits per heavy atom. The van der Waals surface area contributed by atoms with Gasteiger partial charge in [0.25, 0.3) is 0 Å². The maximum absolute atomic E-state index is 2.46. The van der Waals surface area contributed by atoms with Crippen molar-refractivity contribution in [2.45, 2.75) is 51.8 Å². The molecular formula is C10H20Se. The van der Waals surface area contributed by atoms with Crippen LogP contribution in [0.3, 0.4) is 0 Å². The number of rotatable bonds is 6. The molecule has 0 radical (unpaired) electrons. The molecule has 0 saturated heterocycles. The van der Waals surface area contributed by atoms with Gasteiger partial charge >= 0.3 is 77.3 Å². The third-order valence-electron chi connectivity index (χ3n) is 1.71. The third kappa shape index (κ3) is 6.65. The van der Waals surface area contributed by atoms with Gasteiger partial charge in [-0.2, -0.15) is 0 Å². The first-order chi connectivity index (χ1) is 5.35. The third-order valence-corrected chi connectivity index (χ3v) is 2.90. The van der Waals surface area contributed by atoms with Crippen LogP contribution in [-0.2, 0) is 0 Å². The molecule has 0 spiro atoms. The zero-order valence-corrected chi connectivity index (χ0v) is 9.73. The summed E-state index contributed by atoms with van der Waals surface area (Å²) in [5, 5.41) is 0. The molecule has 0 unspecified atom stereocenters. The fourth-order valence-electron chi connectivity index (χ4n) is 1.13. The predicted molar refractivity (Wildman–Crippen MR) is 54.1 cm³/mol. The van der Waals surface area contributed by atoms with E-state index in [1.165, 1.54) is 32.1 Å². The summed E-state index contributed by atoms with van der Waals surface area (Å²) in [5.41, 5.74) is 1.71. The molecule has 0 aromatic carbocycles. The Hall–Kier alpha value is 0.259. The summed E-state index contributed by atoms with van der Waals surface area (Å²) in [6.07, 6.45) is 6.70. The Bertz CT molecular complexity index is 105. The van der Waals surface area contributed by atoms with E-state index in [2.05, 4.69) is 24.6 Å². The molecule has 0 rings (SSSR count). The molecule has 66 valence electrons. The van der Waals surface area contributed by atoms with Crippen LogP contribution in [0.25, 0.3) is 0 Å². The van der Waals surface area contributed by atoms with Crippen LogP contribution in [0.2, 0.25) is 5.82 Å². The summed E-state index contributed by atoms with van der Waals surface area (Å²) in [7, 11) is 0. The van der Waals surface area contributed by atoms with Crippen molar-refractivity contribution in [2.75, 3.05) is 0 Å². The number of hydrogen-bond donors (Lipinski definition) is 0. The minimum absolute atomic E-state index is 0.734. The number of allylic oxidation sites excluding steroid dienone is 1. The fourth-order valence-corrected chi connectivity index (χ4v) is 2.33. The van der Waals surface area contributed by atoms with Crippen LogP contribution in [0.5, 0.6) is 0 Å². The first kappa shape index (κ1) is 11.3. The molecule has 0 heterocycles. The minimum atomic E-state index is 0.734. The molecule has 0 aliphatic heterocycles. The second-order valence-corrected chi connectivity index (χ2v) is 4.35. The Morgan fingerprint density at radius 1 is 1.18 bits per heavy atom. The van der Waals surface area contributed by atoms with Crippen molar-refractivity contribution in [3.05, 3.63) is 10.5 Å². The SMILES string of the molecule is CCCC/C(=C\[Se]C)CCC. The van der Waals surface area contributed by atoms with Gasteiger partial charge in [-0.3, -0.25) is 0 Å². The Kier molecular flexibility index (Phi) is 8.55. The summed E-state index contributed by atoms with van der Waals surface area (Å²) >= 11 is 0.734. The van der Waals surface area contributed by atoms with Crippen molar-refractivity contribution < 1.29 is 0 Å². The summed E-state index contributed by atoms with van der Waals surface area (Å²) in [6, 6.07) is 0. The van der Waals surface area contributed by atoms with Crippen LogP contribution in [-0.4, -0.2) is 15.0 Å². The van der Waals surface area contributed by atoms with Crippen LogP contribution in [0.1, 0.15) is 46.0 Å². The van der Waals surface area contributed by atoms with Crippen LogP contribution in [0, 0.1) is 0 Å². The van der Waals surface area contributed by atoms with E-state index < -0.39 is 0 Å². The zero-order chi connectivity index (χ0) is 8.53. The van der Waals surface area contributed by atoms with E-state index in [1.807, 2.05) is 0 Å². The maximum atomic E-state index is 2.46. The Balaban J connectivity index is 3.60. The zero-order valence-electron chi connectivity index (χ0n) is 8.02. The standard InChI is InChI=1S/C10H20Se/c1-4-6-8-10(7-5-2)9-11-3/h9H,4-8H2,1-3H3/b10-9-. The van der Waals surface area contributed by atoms with Gasteiger partial charge in [-0.1, -0.05) is 0 Å². The molecule has 0 aliphatic rings. The summed E-state index contributed by atoms with van der Waals surface area (Å²) in [4.78, 5) is 2.46. The van der Waals surface area contributed by atoms with Crippen molar-refractivity contribution in [2.24, 2.45) is 0 Å². The first-order valence-corrected chi connectivity index (χ1v) is 7.26. The van der Waals surface area contributed by atoms with Crippen molar-refractivity contribution in [1.29, 1.82) is 0 Å². The molecule has 1 heteroatoms. The van der Waals surface area contributed by atoms with E-state index in [4.69, 9.17) is 0 Å². The predicted octanol–water partition coefficient (Wildman–Crippen LogP) is 3.61. The molecule has 0 aromatic heterocycles. The summed E-state index contributed by atoms with van der Waals surface area (Å²) in [6.45, 7) is 4.53. The van der Waals surface area contributed by atoms with Crippen LogP contribution < -0.4 is 0 Å². The molecule has 0 amide bonds. The van der Waals surface area contributed by atoms with Gasteiger partial charge < -0.3 is 0 Å². The monoisotopic (exact) mass is 220 g/mol. The summed E-state index contributed by atoms with van der Waals surface area (Å²) in [5.74, 6) is 2.29. The fraction of sp³-hybridized carbons (Fsp3) is 0.800. The van der Waals surface area contributed by atoms with E-state index in [1.54, 1.807) is 5.57 Å². The van der Waals surface area contributed by atoms with Gasteiger partial charge in [0.1, 0.15) is 0 Å². The average Bonchev–Trinajstić information content (AvgIpc) is 2.01. The molecule has 0 saturated carbocycles. The van der Waals surface area contributed by atoms with Crippen LogP contribution in [0.15, 0.2) is 10.5 Å². The van der Waals surface area contributed by atoms with Crippen molar-refractivity contribution in [3.63, 3.8) is 0 Å². The van der Waals surface area contributed by atoms with Gasteiger partial charge in [-0.25, -0.2) is 0 Å². The van der Waals surface area contributed by atoms with Gasteiger partial charge in [0.2, 0.25) is 0 Å². The van der Waals surface area contributed by atoms with Gasteiger partial charge in [0, 0.05) is 0 Å². The van der Waals surface area contributed by atoms with E-state index in [0.717, 1.165) is 15.0 Å². The van der Waals surface area contributed by atoms with Gasteiger partial charge in [-0.15, -0.1) is 0 Å². The van der Waals surface area contributed by atoms with E-state index in [-0.39, 0.29) is 0 Å². The van der Waals surface area contributed by atoms with Crippen molar-refractivity contribution in [3.8, 4) is 0 Å².